The lowest BCUT2D eigenvalue weighted by molar-refractivity contribution is -0.141. The molecule has 1 aromatic heterocycles. The number of imidazole rings is 1. The van der Waals surface area contributed by atoms with Crippen molar-refractivity contribution in [3.05, 3.63) is 17.2 Å². The van der Waals surface area contributed by atoms with Crippen LogP contribution in [-0.4, -0.2) is 21.0 Å². The van der Waals surface area contributed by atoms with Crippen molar-refractivity contribution in [2.75, 3.05) is 0 Å². The molecule has 0 spiro atoms. The van der Waals surface area contributed by atoms with E-state index in [0.29, 0.717) is 6.42 Å². The van der Waals surface area contributed by atoms with E-state index < -0.39 is 5.97 Å². The van der Waals surface area contributed by atoms with E-state index in [1.165, 1.54) is 18.5 Å². The average Bonchev–Trinajstić information content (AvgIpc) is 2.59. The summed E-state index contributed by atoms with van der Waals surface area (Å²) >= 11 is 0. The molecule has 0 aliphatic heterocycles. The fraction of sp³-hybridized carbons (Fsp3) is 0.636. The van der Waals surface area contributed by atoms with Gasteiger partial charge in [-0.15, -0.1) is 0 Å². The molecule has 1 aromatic rings. The van der Waals surface area contributed by atoms with Gasteiger partial charge in [0.1, 0.15) is 5.82 Å². The summed E-state index contributed by atoms with van der Waals surface area (Å²) in [6, 6.07) is 0. The number of aryl methyl sites for hydroxylation is 2. The van der Waals surface area contributed by atoms with Crippen LogP contribution in [0.1, 0.15) is 37.0 Å². The van der Waals surface area contributed by atoms with Crippen molar-refractivity contribution in [2.45, 2.75) is 39.0 Å². The van der Waals surface area contributed by atoms with Crippen LogP contribution in [0, 0.1) is 5.92 Å². The summed E-state index contributed by atoms with van der Waals surface area (Å²) in [6.45, 7) is 1.71. The second-order valence-electron chi connectivity index (χ2n) is 4.26. The van der Waals surface area contributed by atoms with E-state index in [1.54, 1.807) is 6.92 Å². The first kappa shape index (κ1) is 10.2. The van der Waals surface area contributed by atoms with Crippen molar-refractivity contribution >= 4 is 5.97 Å². The number of rotatable bonds is 3. The quantitative estimate of drug-likeness (QED) is 0.792. The van der Waals surface area contributed by atoms with Gasteiger partial charge in [-0.1, -0.05) is 6.92 Å². The summed E-state index contributed by atoms with van der Waals surface area (Å²) in [7, 11) is 0. The van der Waals surface area contributed by atoms with Crippen molar-refractivity contribution in [3.8, 4) is 0 Å². The smallest absolute Gasteiger partial charge is 0.306 e. The fourth-order valence-electron chi connectivity index (χ4n) is 1.99. The molecule has 4 heteroatoms. The van der Waals surface area contributed by atoms with Gasteiger partial charge in [-0.25, -0.2) is 4.98 Å². The number of aromatic amines is 1. The Bertz CT molecular complexity index is 347. The van der Waals surface area contributed by atoms with Crippen LogP contribution in [0.2, 0.25) is 0 Å². The number of aliphatic carboxylic acids is 1. The third-order valence-corrected chi connectivity index (χ3v) is 2.92. The molecule has 0 saturated carbocycles. The minimum atomic E-state index is -0.760. The van der Waals surface area contributed by atoms with Gasteiger partial charge in [0, 0.05) is 12.1 Å². The molecule has 82 valence electrons. The van der Waals surface area contributed by atoms with Crippen molar-refractivity contribution < 1.29 is 9.90 Å². The van der Waals surface area contributed by atoms with Gasteiger partial charge in [0.15, 0.2) is 0 Å². The Balaban J connectivity index is 2.09. The van der Waals surface area contributed by atoms with Gasteiger partial charge in [-0.3, -0.25) is 4.79 Å². The SMILES string of the molecule is CC(Cc1nc2c([nH]1)CCCC2)C(=O)O. The predicted octanol–water partition coefficient (Wildman–Crippen LogP) is 1.55. The van der Waals surface area contributed by atoms with Crippen LogP contribution in [0.4, 0.5) is 0 Å². The van der Waals surface area contributed by atoms with Crippen LogP contribution in [-0.2, 0) is 24.1 Å². The summed E-state index contributed by atoms with van der Waals surface area (Å²) < 4.78 is 0. The first-order valence-corrected chi connectivity index (χ1v) is 5.46. The van der Waals surface area contributed by atoms with Crippen molar-refractivity contribution in [1.29, 1.82) is 0 Å². The molecular weight excluding hydrogens is 192 g/mol. The van der Waals surface area contributed by atoms with E-state index in [2.05, 4.69) is 9.97 Å². The molecule has 0 aromatic carbocycles. The molecule has 0 fully saturated rings. The highest BCUT2D eigenvalue weighted by molar-refractivity contribution is 5.69. The molecule has 1 heterocycles. The lowest BCUT2D eigenvalue weighted by atomic mass is 10.0. The van der Waals surface area contributed by atoms with E-state index in [1.807, 2.05) is 0 Å². The Morgan fingerprint density at radius 3 is 2.93 bits per heavy atom. The predicted molar refractivity (Wildman–Crippen MR) is 55.7 cm³/mol. The molecule has 1 aliphatic rings. The molecular formula is C11H16N2O2. The van der Waals surface area contributed by atoms with E-state index in [-0.39, 0.29) is 5.92 Å². The van der Waals surface area contributed by atoms with Crippen molar-refractivity contribution in [1.82, 2.24) is 9.97 Å². The molecule has 1 unspecified atom stereocenters. The number of nitrogens with one attached hydrogen (secondary N) is 1. The van der Waals surface area contributed by atoms with Crippen LogP contribution in [0.5, 0.6) is 0 Å². The Labute approximate surface area is 88.7 Å². The molecule has 2 rings (SSSR count). The molecule has 15 heavy (non-hydrogen) atoms. The van der Waals surface area contributed by atoms with Gasteiger partial charge in [0.2, 0.25) is 0 Å². The lowest BCUT2D eigenvalue weighted by Gasteiger charge is -2.07. The minimum absolute atomic E-state index is 0.363. The second-order valence-corrected chi connectivity index (χ2v) is 4.26. The maximum Gasteiger partial charge on any atom is 0.306 e. The summed E-state index contributed by atoms with van der Waals surface area (Å²) in [5.41, 5.74) is 2.36. The fourth-order valence-corrected chi connectivity index (χ4v) is 1.99. The number of carboxylic acids is 1. The van der Waals surface area contributed by atoms with Crippen molar-refractivity contribution in [2.24, 2.45) is 5.92 Å². The van der Waals surface area contributed by atoms with Gasteiger partial charge >= 0.3 is 5.97 Å². The van der Waals surface area contributed by atoms with Gasteiger partial charge in [0.05, 0.1) is 11.6 Å². The third-order valence-electron chi connectivity index (χ3n) is 2.92. The maximum absolute atomic E-state index is 10.7. The first-order valence-electron chi connectivity index (χ1n) is 5.46. The number of nitrogens with zero attached hydrogens (tertiary/aromatic N) is 1. The normalized spacial score (nSPS) is 17.1. The highest BCUT2D eigenvalue weighted by Gasteiger charge is 2.18. The summed E-state index contributed by atoms with van der Waals surface area (Å²) in [5.74, 6) is -0.293. The highest BCUT2D eigenvalue weighted by atomic mass is 16.4. The Hall–Kier alpha value is -1.32. The van der Waals surface area contributed by atoms with E-state index in [4.69, 9.17) is 5.11 Å². The number of carboxylic acid groups (broad SMARTS) is 1. The van der Waals surface area contributed by atoms with Crippen LogP contribution < -0.4 is 0 Å². The zero-order valence-electron chi connectivity index (χ0n) is 8.92. The van der Waals surface area contributed by atoms with Gasteiger partial charge < -0.3 is 10.1 Å². The Morgan fingerprint density at radius 1 is 1.53 bits per heavy atom. The summed E-state index contributed by atoms with van der Waals surface area (Å²) in [4.78, 5) is 18.4. The number of hydrogen-bond acceptors (Lipinski definition) is 2. The van der Waals surface area contributed by atoms with Crippen LogP contribution in [0.25, 0.3) is 0 Å². The number of hydrogen-bond donors (Lipinski definition) is 2. The monoisotopic (exact) mass is 208 g/mol. The lowest BCUT2D eigenvalue weighted by Crippen LogP contribution is -2.13. The Kier molecular flexibility index (Phi) is 2.75. The first-order chi connectivity index (χ1) is 7.16. The van der Waals surface area contributed by atoms with Crippen LogP contribution >= 0.6 is 0 Å². The van der Waals surface area contributed by atoms with E-state index >= 15 is 0 Å². The molecule has 2 N–H and O–H groups in total. The maximum atomic E-state index is 10.7. The number of fused-ring (bicyclic) bond motifs is 1. The zero-order chi connectivity index (χ0) is 10.8. The molecule has 0 saturated heterocycles. The highest BCUT2D eigenvalue weighted by Crippen LogP contribution is 2.19. The van der Waals surface area contributed by atoms with Gasteiger partial charge in [0.25, 0.3) is 0 Å². The zero-order valence-corrected chi connectivity index (χ0v) is 8.92. The summed E-state index contributed by atoms with van der Waals surface area (Å²) in [5, 5.41) is 8.80. The van der Waals surface area contributed by atoms with E-state index in [0.717, 1.165) is 24.4 Å². The topological polar surface area (TPSA) is 66.0 Å². The standard InChI is InChI=1S/C11H16N2O2/c1-7(11(14)15)6-10-12-8-4-2-3-5-9(8)13-10/h7H,2-6H2,1H3,(H,12,13)(H,14,15). The molecule has 0 bridgehead atoms. The minimum Gasteiger partial charge on any atom is -0.481 e. The van der Waals surface area contributed by atoms with Gasteiger partial charge in [-0.2, -0.15) is 0 Å². The number of H-pyrrole nitrogens is 1. The van der Waals surface area contributed by atoms with Crippen LogP contribution in [0.3, 0.4) is 0 Å². The van der Waals surface area contributed by atoms with Crippen molar-refractivity contribution in [3.63, 3.8) is 0 Å². The Morgan fingerprint density at radius 2 is 2.27 bits per heavy atom. The molecule has 1 atom stereocenters. The molecule has 0 amide bonds. The van der Waals surface area contributed by atoms with E-state index in [9.17, 15) is 4.79 Å². The molecule has 0 radical (unpaired) electrons. The number of carbonyl (C=O) groups is 1. The summed E-state index contributed by atoms with van der Waals surface area (Å²) in [6.07, 6.45) is 5.01. The largest absolute Gasteiger partial charge is 0.481 e. The average molecular weight is 208 g/mol. The second kappa shape index (κ2) is 4.04. The molecule has 4 nitrogen and oxygen atoms in total. The third kappa shape index (κ3) is 2.19. The van der Waals surface area contributed by atoms with Crippen LogP contribution in [0.15, 0.2) is 0 Å². The van der Waals surface area contributed by atoms with Gasteiger partial charge in [-0.05, 0) is 25.7 Å². The molecule has 1 aliphatic carbocycles. The number of aromatic nitrogens is 2.